The first-order valence-electron chi connectivity index (χ1n) is 12.4. The summed E-state index contributed by atoms with van der Waals surface area (Å²) in [6.45, 7) is 7.68. The summed E-state index contributed by atoms with van der Waals surface area (Å²) in [5, 5.41) is 17.7. The fourth-order valence-electron chi connectivity index (χ4n) is 3.66. The van der Waals surface area contributed by atoms with Crippen LogP contribution in [0.4, 0.5) is 20.7 Å². The van der Waals surface area contributed by atoms with Gasteiger partial charge in [-0.1, -0.05) is 12.1 Å². The highest BCUT2D eigenvalue weighted by molar-refractivity contribution is 9.10. The van der Waals surface area contributed by atoms with E-state index in [1.807, 2.05) is 26.8 Å². The maximum absolute atomic E-state index is 13.2. The standard InChI is InChI=1S/C27H30BrFN6O4/c1-4-37-24-20(11-12-31-14-17-7-9-18(29)10-8-17)22(28)25(38-5-2)23(26(24)39-6-3)35-27(36)34-21-16-32-19(13-30)15-33-21/h7-10,15-16,31H,4-6,11-12,14H2,1-3H3,(H2,33,34,35,36). The SMILES string of the molecule is CCOc1c(Br)c(CCNCc2ccc(F)cc2)c(OCC)c(OCC)c1NC(=O)Nc1cnc(C#N)cn1. The van der Waals surface area contributed by atoms with Crippen LogP contribution in [0, 0.1) is 17.1 Å². The lowest BCUT2D eigenvalue weighted by Gasteiger charge is -2.24. The van der Waals surface area contributed by atoms with E-state index in [0.29, 0.717) is 61.1 Å². The average Bonchev–Trinajstić information content (AvgIpc) is 2.93. The Morgan fingerprint density at radius 2 is 1.64 bits per heavy atom. The van der Waals surface area contributed by atoms with Crippen molar-refractivity contribution in [3.05, 3.63) is 63.8 Å². The lowest BCUT2D eigenvalue weighted by Crippen LogP contribution is -2.22. The second kappa shape index (κ2) is 14.8. The van der Waals surface area contributed by atoms with Gasteiger partial charge >= 0.3 is 6.03 Å². The zero-order valence-corrected chi connectivity index (χ0v) is 23.5. The maximum Gasteiger partial charge on any atom is 0.325 e. The molecule has 0 radical (unpaired) electrons. The van der Waals surface area contributed by atoms with Crippen LogP contribution in [-0.2, 0) is 13.0 Å². The van der Waals surface area contributed by atoms with Gasteiger partial charge in [0.25, 0.3) is 0 Å². The van der Waals surface area contributed by atoms with Crippen LogP contribution in [0.5, 0.6) is 17.2 Å². The molecule has 0 fully saturated rings. The van der Waals surface area contributed by atoms with Gasteiger partial charge in [0.2, 0.25) is 0 Å². The van der Waals surface area contributed by atoms with Crippen molar-refractivity contribution < 1.29 is 23.4 Å². The van der Waals surface area contributed by atoms with Crippen molar-refractivity contribution in [2.45, 2.75) is 33.7 Å². The number of aromatic nitrogens is 2. The number of carbonyl (C=O) groups excluding carboxylic acids is 1. The third-order valence-electron chi connectivity index (χ3n) is 5.31. The smallest absolute Gasteiger partial charge is 0.325 e. The first-order chi connectivity index (χ1) is 18.9. The molecule has 0 aliphatic carbocycles. The van der Waals surface area contributed by atoms with Crippen molar-refractivity contribution in [3.63, 3.8) is 0 Å². The Morgan fingerprint density at radius 1 is 0.974 bits per heavy atom. The fraction of sp³-hybridized carbons (Fsp3) is 0.333. The maximum atomic E-state index is 13.2. The number of amides is 2. The first kappa shape index (κ1) is 29.6. The number of hydrogen-bond donors (Lipinski definition) is 3. The minimum absolute atomic E-state index is 0.131. The molecule has 3 rings (SSSR count). The molecule has 1 aromatic heterocycles. The van der Waals surface area contributed by atoms with Crippen molar-refractivity contribution >= 4 is 33.5 Å². The number of nitriles is 1. The summed E-state index contributed by atoms with van der Waals surface area (Å²) >= 11 is 3.66. The van der Waals surface area contributed by atoms with Crippen LogP contribution in [0.2, 0.25) is 0 Å². The molecule has 3 aromatic rings. The zero-order chi connectivity index (χ0) is 28.2. The van der Waals surface area contributed by atoms with E-state index in [0.717, 1.165) is 11.1 Å². The molecule has 1 heterocycles. The summed E-state index contributed by atoms with van der Waals surface area (Å²) in [6.07, 6.45) is 3.09. The van der Waals surface area contributed by atoms with Crippen LogP contribution in [-0.4, -0.2) is 42.4 Å². The van der Waals surface area contributed by atoms with Crippen molar-refractivity contribution in [2.24, 2.45) is 0 Å². The highest BCUT2D eigenvalue weighted by atomic mass is 79.9. The monoisotopic (exact) mass is 600 g/mol. The largest absolute Gasteiger partial charge is 0.490 e. The molecule has 2 aromatic carbocycles. The van der Waals surface area contributed by atoms with Gasteiger partial charge in [0.1, 0.15) is 17.6 Å². The molecule has 0 unspecified atom stereocenters. The van der Waals surface area contributed by atoms with E-state index >= 15 is 0 Å². The molecule has 3 N–H and O–H groups in total. The summed E-state index contributed by atoms with van der Waals surface area (Å²) in [6, 6.07) is 7.59. The number of anilines is 2. The van der Waals surface area contributed by atoms with Gasteiger partial charge in [-0.25, -0.2) is 19.2 Å². The van der Waals surface area contributed by atoms with Crippen LogP contribution in [0.25, 0.3) is 0 Å². The fourth-order valence-corrected chi connectivity index (χ4v) is 4.35. The van der Waals surface area contributed by atoms with E-state index in [2.05, 4.69) is 41.8 Å². The molecule has 206 valence electrons. The van der Waals surface area contributed by atoms with Crippen molar-refractivity contribution in [1.82, 2.24) is 15.3 Å². The van der Waals surface area contributed by atoms with Crippen LogP contribution in [0.1, 0.15) is 37.6 Å². The molecule has 0 spiro atoms. The van der Waals surface area contributed by atoms with E-state index in [1.54, 1.807) is 12.1 Å². The minimum atomic E-state index is -0.612. The second-order valence-corrected chi connectivity index (χ2v) is 8.78. The quantitative estimate of drug-likeness (QED) is 0.222. The number of urea groups is 1. The Balaban J connectivity index is 1.90. The summed E-state index contributed by atoms with van der Waals surface area (Å²) in [7, 11) is 0. The molecule has 0 saturated heterocycles. The average molecular weight is 601 g/mol. The number of hydrogen-bond acceptors (Lipinski definition) is 8. The van der Waals surface area contributed by atoms with Gasteiger partial charge in [-0.15, -0.1) is 0 Å². The highest BCUT2D eigenvalue weighted by Crippen LogP contribution is 2.51. The Morgan fingerprint density at radius 3 is 2.26 bits per heavy atom. The minimum Gasteiger partial charge on any atom is -0.490 e. The Hall–Kier alpha value is -3.95. The third kappa shape index (κ3) is 8.02. The van der Waals surface area contributed by atoms with E-state index in [-0.39, 0.29) is 23.0 Å². The molecular formula is C27H30BrFN6O4. The molecular weight excluding hydrogens is 571 g/mol. The van der Waals surface area contributed by atoms with Crippen molar-refractivity contribution in [2.75, 3.05) is 37.0 Å². The lowest BCUT2D eigenvalue weighted by molar-refractivity contribution is 0.260. The molecule has 0 bridgehead atoms. The summed E-state index contributed by atoms with van der Waals surface area (Å²) in [5.41, 5.74) is 2.18. The topological polar surface area (TPSA) is 130 Å². The van der Waals surface area contributed by atoms with Crippen LogP contribution >= 0.6 is 15.9 Å². The second-order valence-electron chi connectivity index (χ2n) is 7.98. The van der Waals surface area contributed by atoms with Gasteiger partial charge in [-0.2, -0.15) is 5.26 Å². The number of nitrogens with zero attached hydrogens (tertiary/aromatic N) is 3. The Kier molecular flexibility index (Phi) is 11.3. The molecule has 0 aliphatic heterocycles. The normalized spacial score (nSPS) is 10.5. The van der Waals surface area contributed by atoms with E-state index in [1.165, 1.54) is 24.5 Å². The molecule has 10 nitrogen and oxygen atoms in total. The van der Waals surface area contributed by atoms with Gasteiger partial charge in [-0.3, -0.25) is 5.32 Å². The van der Waals surface area contributed by atoms with Gasteiger partial charge < -0.3 is 24.8 Å². The summed E-state index contributed by atoms with van der Waals surface area (Å²) in [5.74, 6) is 1.09. The Bertz CT molecular complexity index is 1300. The molecule has 0 atom stereocenters. The van der Waals surface area contributed by atoms with Gasteiger partial charge in [0, 0.05) is 12.1 Å². The van der Waals surface area contributed by atoms with Crippen LogP contribution in [0.3, 0.4) is 0 Å². The lowest BCUT2D eigenvalue weighted by atomic mass is 10.1. The number of nitrogens with one attached hydrogen (secondary N) is 3. The van der Waals surface area contributed by atoms with Gasteiger partial charge in [0.15, 0.2) is 28.8 Å². The number of carbonyl (C=O) groups is 1. The molecule has 39 heavy (non-hydrogen) atoms. The Labute approximate surface area is 235 Å². The number of rotatable bonds is 13. The van der Waals surface area contributed by atoms with E-state index in [9.17, 15) is 9.18 Å². The van der Waals surface area contributed by atoms with Gasteiger partial charge in [-0.05, 0) is 67.4 Å². The summed E-state index contributed by atoms with van der Waals surface area (Å²) < 4.78 is 31.8. The molecule has 2 amide bonds. The van der Waals surface area contributed by atoms with Crippen LogP contribution in [0.15, 0.2) is 41.1 Å². The predicted molar refractivity (Wildman–Crippen MR) is 149 cm³/mol. The summed E-state index contributed by atoms with van der Waals surface area (Å²) in [4.78, 5) is 20.9. The highest BCUT2D eigenvalue weighted by Gasteiger charge is 2.27. The van der Waals surface area contributed by atoms with Crippen molar-refractivity contribution in [1.29, 1.82) is 5.26 Å². The van der Waals surface area contributed by atoms with E-state index < -0.39 is 6.03 Å². The molecule has 12 heteroatoms. The van der Waals surface area contributed by atoms with Crippen LogP contribution < -0.4 is 30.2 Å². The first-order valence-corrected chi connectivity index (χ1v) is 13.2. The molecule has 0 saturated carbocycles. The third-order valence-corrected chi connectivity index (χ3v) is 6.14. The number of benzene rings is 2. The zero-order valence-electron chi connectivity index (χ0n) is 21.9. The number of ether oxygens (including phenoxy) is 3. The predicted octanol–water partition coefficient (Wildman–Crippen LogP) is 5.42. The number of halogens is 2. The van der Waals surface area contributed by atoms with Gasteiger partial charge in [0.05, 0.1) is 36.7 Å². The van der Waals surface area contributed by atoms with E-state index in [4.69, 9.17) is 19.5 Å². The van der Waals surface area contributed by atoms with Crippen molar-refractivity contribution in [3.8, 4) is 23.3 Å². The molecule has 0 aliphatic rings.